The zero-order chi connectivity index (χ0) is 22.3. The molecule has 0 unspecified atom stereocenters. The van der Waals surface area contributed by atoms with Crippen molar-refractivity contribution in [3.8, 4) is 11.5 Å². The third-order valence-electron chi connectivity index (χ3n) is 6.44. The zero-order valence-corrected chi connectivity index (χ0v) is 19.2. The molecule has 0 atom stereocenters. The molecule has 0 aliphatic carbocycles. The fourth-order valence-corrected chi connectivity index (χ4v) is 4.66. The molecule has 3 aromatic rings. The first-order valence-corrected chi connectivity index (χ1v) is 11.8. The van der Waals surface area contributed by atoms with E-state index in [1.165, 1.54) is 17.7 Å². The number of aromatic amines is 1. The van der Waals surface area contributed by atoms with Crippen molar-refractivity contribution in [2.75, 3.05) is 33.4 Å². The normalized spacial score (nSPS) is 15.3. The lowest BCUT2D eigenvalue weighted by molar-refractivity contribution is 0.200. The van der Waals surface area contributed by atoms with Crippen LogP contribution in [-0.4, -0.2) is 48.4 Å². The van der Waals surface area contributed by atoms with Crippen LogP contribution in [0, 0.1) is 5.82 Å². The smallest absolute Gasteiger partial charge is 0.161 e. The van der Waals surface area contributed by atoms with Gasteiger partial charge in [0.25, 0.3) is 0 Å². The number of H-pyrrole nitrogens is 1. The van der Waals surface area contributed by atoms with Crippen molar-refractivity contribution in [2.45, 2.75) is 51.4 Å². The Labute approximate surface area is 189 Å². The van der Waals surface area contributed by atoms with Gasteiger partial charge in [-0.05, 0) is 81.6 Å². The average molecular weight is 440 g/mol. The summed E-state index contributed by atoms with van der Waals surface area (Å²) in [4.78, 5) is 2.54. The molecule has 4 rings (SSSR count). The summed E-state index contributed by atoms with van der Waals surface area (Å²) in [6.45, 7) is 6.15. The summed E-state index contributed by atoms with van der Waals surface area (Å²) in [5, 5.41) is 8.51. The van der Waals surface area contributed by atoms with Crippen LogP contribution in [0.25, 0.3) is 10.9 Å². The number of likely N-dealkylation sites (tertiary alicyclic amines) is 1. The van der Waals surface area contributed by atoms with Crippen LogP contribution in [0.3, 0.4) is 0 Å². The SMILES string of the molecule is CCCc1ccc(OCCCCN2CCC(c3[nH]nc4cc(F)ccc34)CC2)c(OC)c1. The van der Waals surface area contributed by atoms with Gasteiger partial charge >= 0.3 is 0 Å². The lowest BCUT2D eigenvalue weighted by atomic mass is 9.91. The highest BCUT2D eigenvalue weighted by molar-refractivity contribution is 5.81. The second-order valence-electron chi connectivity index (χ2n) is 8.71. The van der Waals surface area contributed by atoms with E-state index in [2.05, 4.69) is 34.2 Å². The van der Waals surface area contributed by atoms with Crippen molar-refractivity contribution in [3.05, 3.63) is 53.5 Å². The minimum Gasteiger partial charge on any atom is -0.493 e. The van der Waals surface area contributed by atoms with Crippen LogP contribution < -0.4 is 9.47 Å². The van der Waals surface area contributed by atoms with Crippen molar-refractivity contribution in [2.24, 2.45) is 0 Å². The Morgan fingerprint density at radius 2 is 1.94 bits per heavy atom. The molecule has 1 saturated heterocycles. The van der Waals surface area contributed by atoms with E-state index in [9.17, 15) is 4.39 Å². The van der Waals surface area contributed by atoms with Crippen LogP contribution in [0.5, 0.6) is 11.5 Å². The summed E-state index contributed by atoms with van der Waals surface area (Å²) in [6.07, 6.45) is 6.53. The van der Waals surface area contributed by atoms with Gasteiger partial charge in [0.05, 0.1) is 19.2 Å². The molecule has 5 nitrogen and oxygen atoms in total. The second kappa shape index (κ2) is 10.8. The van der Waals surface area contributed by atoms with Crippen LogP contribution in [0.15, 0.2) is 36.4 Å². The Morgan fingerprint density at radius 3 is 2.72 bits per heavy atom. The molecule has 1 aliphatic rings. The standard InChI is InChI=1S/C26H34FN3O2/c1-3-6-19-7-10-24(25(17-19)31-2)32-16-5-4-13-30-14-11-20(12-15-30)26-22-9-8-21(27)18-23(22)28-29-26/h7-10,17-18,20H,3-6,11-16H2,1-2H3,(H,28,29). The Bertz CT molecular complexity index is 1010. The van der Waals surface area contributed by atoms with E-state index in [0.29, 0.717) is 12.5 Å². The molecule has 1 fully saturated rings. The van der Waals surface area contributed by atoms with E-state index in [4.69, 9.17) is 9.47 Å². The van der Waals surface area contributed by atoms with Gasteiger partial charge in [0, 0.05) is 23.1 Å². The van der Waals surface area contributed by atoms with Crippen LogP contribution >= 0.6 is 0 Å². The Kier molecular flexibility index (Phi) is 7.63. The maximum atomic E-state index is 13.4. The zero-order valence-electron chi connectivity index (χ0n) is 19.2. The summed E-state index contributed by atoms with van der Waals surface area (Å²) >= 11 is 0. The first-order valence-electron chi connectivity index (χ1n) is 11.8. The van der Waals surface area contributed by atoms with Gasteiger partial charge in [0.2, 0.25) is 0 Å². The number of hydrogen-bond donors (Lipinski definition) is 1. The number of piperidine rings is 1. The number of benzene rings is 2. The fraction of sp³-hybridized carbons (Fsp3) is 0.500. The second-order valence-corrected chi connectivity index (χ2v) is 8.71. The van der Waals surface area contributed by atoms with Gasteiger partial charge in [0.15, 0.2) is 11.5 Å². The maximum absolute atomic E-state index is 13.4. The number of unbranched alkanes of at least 4 members (excludes halogenated alkanes) is 1. The molecule has 32 heavy (non-hydrogen) atoms. The fourth-order valence-electron chi connectivity index (χ4n) is 4.66. The highest BCUT2D eigenvalue weighted by Gasteiger charge is 2.23. The Balaban J connectivity index is 1.18. The summed E-state index contributed by atoms with van der Waals surface area (Å²) in [7, 11) is 1.70. The Morgan fingerprint density at radius 1 is 1.09 bits per heavy atom. The lowest BCUT2D eigenvalue weighted by Gasteiger charge is -2.31. The number of ether oxygens (including phenoxy) is 2. The number of fused-ring (bicyclic) bond motifs is 1. The molecular weight excluding hydrogens is 405 g/mol. The number of methoxy groups -OCH3 is 1. The molecule has 0 radical (unpaired) electrons. The van der Waals surface area contributed by atoms with Gasteiger partial charge in [-0.2, -0.15) is 5.10 Å². The van der Waals surface area contributed by atoms with E-state index >= 15 is 0 Å². The predicted octanol–water partition coefficient (Wildman–Crippen LogP) is 5.70. The number of nitrogens with one attached hydrogen (secondary N) is 1. The third-order valence-corrected chi connectivity index (χ3v) is 6.44. The molecule has 0 amide bonds. The lowest BCUT2D eigenvalue weighted by Crippen LogP contribution is -2.34. The van der Waals surface area contributed by atoms with Crippen LogP contribution in [0.1, 0.15) is 56.2 Å². The number of nitrogens with zero attached hydrogens (tertiary/aromatic N) is 2. The van der Waals surface area contributed by atoms with Crippen molar-refractivity contribution in [1.29, 1.82) is 0 Å². The van der Waals surface area contributed by atoms with Gasteiger partial charge in [-0.15, -0.1) is 0 Å². The summed E-state index contributed by atoms with van der Waals surface area (Å²) < 4.78 is 24.9. The molecule has 6 heteroatoms. The number of aromatic nitrogens is 2. The van der Waals surface area contributed by atoms with Gasteiger partial charge in [-0.3, -0.25) is 5.10 Å². The maximum Gasteiger partial charge on any atom is 0.161 e. The van der Waals surface area contributed by atoms with Gasteiger partial charge in [-0.25, -0.2) is 4.39 Å². The molecule has 1 aromatic heterocycles. The van der Waals surface area contributed by atoms with E-state index in [1.807, 2.05) is 12.1 Å². The third kappa shape index (κ3) is 5.41. The van der Waals surface area contributed by atoms with Gasteiger partial charge in [0.1, 0.15) is 5.82 Å². The first kappa shape index (κ1) is 22.6. The summed E-state index contributed by atoms with van der Waals surface area (Å²) in [5.74, 6) is 1.89. The molecule has 1 aliphatic heterocycles. The Hall–Kier alpha value is -2.60. The minimum absolute atomic E-state index is 0.235. The first-order chi connectivity index (χ1) is 15.7. The molecular formula is C26H34FN3O2. The molecule has 0 saturated carbocycles. The van der Waals surface area contributed by atoms with Crippen LogP contribution in [0.2, 0.25) is 0 Å². The van der Waals surface area contributed by atoms with Crippen molar-refractivity contribution in [3.63, 3.8) is 0 Å². The van der Waals surface area contributed by atoms with Crippen molar-refractivity contribution < 1.29 is 13.9 Å². The monoisotopic (exact) mass is 439 g/mol. The van der Waals surface area contributed by atoms with Crippen LogP contribution in [0.4, 0.5) is 4.39 Å². The van der Waals surface area contributed by atoms with Gasteiger partial charge in [-0.1, -0.05) is 19.4 Å². The van der Waals surface area contributed by atoms with E-state index in [1.54, 1.807) is 7.11 Å². The number of hydrogen-bond acceptors (Lipinski definition) is 4. The molecule has 2 heterocycles. The average Bonchev–Trinajstić information content (AvgIpc) is 3.23. The van der Waals surface area contributed by atoms with Crippen molar-refractivity contribution >= 4 is 10.9 Å². The quantitative estimate of drug-likeness (QED) is 0.412. The van der Waals surface area contributed by atoms with Crippen LogP contribution in [-0.2, 0) is 6.42 Å². The number of rotatable bonds is 10. The summed E-state index contributed by atoms with van der Waals surface area (Å²) in [5.41, 5.74) is 3.17. The molecule has 1 N–H and O–H groups in total. The molecule has 0 bridgehead atoms. The minimum atomic E-state index is -0.235. The van der Waals surface area contributed by atoms with E-state index < -0.39 is 0 Å². The highest BCUT2D eigenvalue weighted by Crippen LogP contribution is 2.32. The number of aryl methyl sites for hydroxylation is 1. The van der Waals surface area contributed by atoms with Crippen molar-refractivity contribution in [1.82, 2.24) is 15.1 Å². The highest BCUT2D eigenvalue weighted by atomic mass is 19.1. The molecule has 2 aromatic carbocycles. The molecule has 0 spiro atoms. The van der Waals surface area contributed by atoms with E-state index in [0.717, 1.165) is 86.3 Å². The predicted molar refractivity (Wildman–Crippen MR) is 126 cm³/mol. The van der Waals surface area contributed by atoms with E-state index in [-0.39, 0.29) is 5.82 Å². The van der Waals surface area contributed by atoms with Gasteiger partial charge < -0.3 is 14.4 Å². The largest absolute Gasteiger partial charge is 0.493 e. The topological polar surface area (TPSA) is 50.4 Å². The number of halogens is 1. The summed E-state index contributed by atoms with van der Waals surface area (Å²) in [6, 6.07) is 11.1. The molecule has 172 valence electrons.